The van der Waals surface area contributed by atoms with E-state index in [4.69, 9.17) is 20.6 Å². The van der Waals surface area contributed by atoms with Crippen LogP contribution in [0, 0.1) is 0 Å². The van der Waals surface area contributed by atoms with Crippen LogP contribution in [0.5, 0.6) is 0 Å². The zero-order valence-electron chi connectivity index (χ0n) is 30.3. The molecule has 0 aliphatic carbocycles. The first-order valence-electron chi connectivity index (χ1n) is 19.9. The van der Waals surface area contributed by atoms with Crippen molar-refractivity contribution in [3.8, 4) is 0 Å². The maximum Gasteiger partial charge on any atom is 0.354 e. The molecule has 0 radical (unpaired) electrons. The van der Waals surface area contributed by atoms with Crippen LogP contribution in [0.1, 0.15) is 187 Å². The Morgan fingerprint density at radius 1 is 0.391 bits per heavy atom. The summed E-state index contributed by atoms with van der Waals surface area (Å²) in [4.78, 5) is 0. The topological polar surface area (TPSA) is 46.2 Å². The Kier molecular flexibility index (Phi) is 29.7. The molecule has 0 aromatic heterocycles. The summed E-state index contributed by atoms with van der Waals surface area (Å²) in [6.45, 7) is 2.30. The summed E-state index contributed by atoms with van der Waals surface area (Å²) in [6, 6.07) is 11.7. The fraction of sp³-hybridized carbons (Fsp3) is 0.833. The molecule has 0 saturated carbocycles. The van der Waals surface area contributed by atoms with Gasteiger partial charge in [-0.1, -0.05) is 217 Å². The summed E-state index contributed by atoms with van der Waals surface area (Å²) >= 11 is 0. The van der Waals surface area contributed by atoms with Gasteiger partial charge in [0.1, 0.15) is 0 Å². The van der Waals surface area contributed by atoms with E-state index in [9.17, 15) is 0 Å². The second-order valence-corrected chi connectivity index (χ2v) is 24.5. The lowest BCUT2D eigenvalue weighted by molar-refractivity contribution is 0.318. The molecule has 10 heteroatoms. The highest BCUT2D eigenvalue weighted by molar-refractivity contribution is 6.86. The highest BCUT2D eigenvalue weighted by Gasteiger charge is 2.39. The molecule has 5 nitrogen and oxygen atoms in total. The quantitative estimate of drug-likeness (QED) is 0.0589. The molecular formula is C36H74O5Si5. The monoisotopic (exact) mass is 726 g/mol. The Bertz CT molecular complexity index is 754. The molecule has 1 saturated heterocycles. The zero-order chi connectivity index (χ0) is 32.5. The maximum atomic E-state index is 6.51. The van der Waals surface area contributed by atoms with Gasteiger partial charge in [0.05, 0.1) is 0 Å². The highest BCUT2D eigenvalue weighted by Crippen LogP contribution is 2.21. The molecule has 46 heavy (non-hydrogen) atoms. The van der Waals surface area contributed by atoms with Gasteiger partial charge in [-0.2, -0.15) is 0 Å². The highest BCUT2D eigenvalue weighted by atomic mass is 28.5. The third-order valence-corrected chi connectivity index (χ3v) is 20.6. The molecule has 1 aromatic carbocycles. The Morgan fingerprint density at radius 2 is 0.696 bits per heavy atom. The van der Waals surface area contributed by atoms with Gasteiger partial charge in [-0.3, -0.25) is 0 Å². The molecule has 2 rings (SSSR count). The largest absolute Gasteiger partial charge is 0.425 e. The summed E-state index contributed by atoms with van der Waals surface area (Å²) in [5.41, 5.74) is 0. The lowest BCUT2D eigenvalue weighted by Gasteiger charge is -2.32. The SMILES string of the molecule is CCCCCCCCCCCCCCCCCCCCCCCCCCCCCC[Si]1(c2ccccc2)O[SiH2]O[SiH2]O[SiH2]O[SiH2]O1. The minimum Gasteiger partial charge on any atom is -0.425 e. The van der Waals surface area contributed by atoms with E-state index in [2.05, 4.69) is 37.3 Å². The van der Waals surface area contributed by atoms with Crippen LogP contribution >= 0.6 is 0 Å². The zero-order valence-corrected chi connectivity index (χ0v) is 36.9. The van der Waals surface area contributed by atoms with Crippen LogP contribution in [0.4, 0.5) is 0 Å². The fourth-order valence-electron chi connectivity index (χ4n) is 6.71. The van der Waals surface area contributed by atoms with Crippen LogP contribution in [0.3, 0.4) is 0 Å². The van der Waals surface area contributed by atoms with E-state index in [1.54, 1.807) is 0 Å². The van der Waals surface area contributed by atoms with Gasteiger partial charge in [0, 0.05) is 0 Å². The van der Waals surface area contributed by atoms with Gasteiger partial charge in [-0.15, -0.1) is 0 Å². The number of rotatable bonds is 30. The number of hydrogen-bond acceptors (Lipinski definition) is 5. The van der Waals surface area contributed by atoms with E-state index >= 15 is 0 Å². The van der Waals surface area contributed by atoms with E-state index in [0.717, 1.165) is 6.04 Å². The third kappa shape index (κ3) is 23.5. The number of hydrogen-bond donors (Lipinski definition) is 0. The van der Waals surface area contributed by atoms with Crippen LogP contribution in [0.2, 0.25) is 6.04 Å². The Morgan fingerprint density at radius 3 is 1.04 bits per heavy atom. The van der Waals surface area contributed by atoms with Crippen LogP contribution in [0.25, 0.3) is 0 Å². The molecule has 0 atom stereocenters. The Hall–Kier alpha value is 0.104. The summed E-state index contributed by atoms with van der Waals surface area (Å²) < 4.78 is 30.2. The van der Waals surface area contributed by atoms with Gasteiger partial charge in [-0.05, 0) is 11.2 Å². The molecule has 268 valence electrons. The van der Waals surface area contributed by atoms with Crippen molar-refractivity contribution >= 4 is 53.8 Å². The predicted octanol–water partition coefficient (Wildman–Crippen LogP) is 8.37. The van der Waals surface area contributed by atoms with Gasteiger partial charge in [0.25, 0.3) is 40.0 Å². The van der Waals surface area contributed by atoms with Crippen molar-refractivity contribution in [3.63, 3.8) is 0 Å². The molecule has 0 spiro atoms. The van der Waals surface area contributed by atoms with Crippen LogP contribution < -0.4 is 5.19 Å². The van der Waals surface area contributed by atoms with E-state index in [1.165, 1.54) is 185 Å². The molecular weight excluding hydrogens is 653 g/mol. The molecule has 1 aliphatic heterocycles. The minimum atomic E-state index is -2.46. The van der Waals surface area contributed by atoms with Crippen LogP contribution in [0.15, 0.2) is 30.3 Å². The van der Waals surface area contributed by atoms with Gasteiger partial charge in [-0.25, -0.2) is 0 Å². The van der Waals surface area contributed by atoms with E-state index in [0.29, 0.717) is 0 Å². The Balaban J connectivity index is 1.32. The summed E-state index contributed by atoms with van der Waals surface area (Å²) in [5.74, 6) is 0. The molecule has 1 heterocycles. The molecule has 1 aliphatic rings. The van der Waals surface area contributed by atoms with E-state index in [1.807, 2.05) is 0 Å². The van der Waals surface area contributed by atoms with Crippen molar-refractivity contribution in [2.45, 2.75) is 193 Å². The van der Waals surface area contributed by atoms with Gasteiger partial charge < -0.3 is 20.6 Å². The number of unbranched alkanes of at least 4 members (excludes halogenated alkanes) is 27. The molecule has 1 fully saturated rings. The lowest BCUT2D eigenvalue weighted by Crippen LogP contribution is -2.56. The van der Waals surface area contributed by atoms with Gasteiger partial charge in [0.2, 0.25) is 0 Å². The van der Waals surface area contributed by atoms with Crippen molar-refractivity contribution in [1.82, 2.24) is 0 Å². The van der Waals surface area contributed by atoms with E-state index < -0.39 is 48.6 Å². The predicted molar refractivity (Wildman–Crippen MR) is 211 cm³/mol. The fourth-order valence-corrected chi connectivity index (χ4v) is 19.6. The van der Waals surface area contributed by atoms with Crippen LogP contribution in [-0.4, -0.2) is 48.6 Å². The smallest absolute Gasteiger partial charge is 0.354 e. The van der Waals surface area contributed by atoms with Crippen LogP contribution in [-0.2, 0) is 20.6 Å². The maximum absolute atomic E-state index is 6.51. The summed E-state index contributed by atoms with van der Waals surface area (Å²) in [7, 11) is -6.37. The molecule has 0 bridgehead atoms. The molecule has 0 unspecified atom stereocenters. The first kappa shape index (κ1) is 42.3. The standard InChI is InChI=1S/C36H74O5Si5/c1-2-3-4-5-6-7-8-9-10-11-12-13-14-15-16-17-18-19-20-21-22-23-24-25-26-27-28-32-35-46(36-33-30-29-31-34-36)40-44-38-42-37-43-39-45-41-46/h29-31,33-34H,2-28,32,35,42-45H2,1H3. The Labute approximate surface area is 296 Å². The van der Waals surface area contributed by atoms with Crippen molar-refractivity contribution in [1.29, 1.82) is 0 Å². The average Bonchev–Trinajstić information content (AvgIpc) is 3.09. The average molecular weight is 727 g/mol. The van der Waals surface area contributed by atoms with Crippen molar-refractivity contribution in [3.05, 3.63) is 30.3 Å². The van der Waals surface area contributed by atoms with Gasteiger partial charge in [0.15, 0.2) is 0 Å². The molecule has 0 amide bonds. The molecule has 1 aromatic rings. The summed E-state index contributed by atoms with van der Waals surface area (Å²) in [5, 5.41) is 1.25. The number of benzene rings is 1. The second-order valence-electron chi connectivity index (χ2n) is 13.8. The van der Waals surface area contributed by atoms with Crippen molar-refractivity contribution in [2.24, 2.45) is 0 Å². The van der Waals surface area contributed by atoms with Gasteiger partial charge >= 0.3 is 8.56 Å². The van der Waals surface area contributed by atoms with Crippen molar-refractivity contribution in [2.75, 3.05) is 0 Å². The molecule has 0 N–H and O–H groups in total. The van der Waals surface area contributed by atoms with E-state index in [-0.39, 0.29) is 0 Å². The summed E-state index contributed by atoms with van der Waals surface area (Å²) in [6.07, 6.45) is 40.1. The first-order valence-corrected chi connectivity index (χ1v) is 26.6. The third-order valence-electron chi connectivity index (χ3n) is 9.66. The normalized spacial score (nSPS) is 19.8. The second kappa shape index (κ2) is 32.3. The lowest BCUT2D eigenvalue weighted by atomic mass is 10.0. The first-order chi connectivity index (χ1) is 22.9. The van der Waals surface area contributed by atoms with Crippen molar-refractivity contribution < 1.29 is 20.6 Å². The minimum absolute atomic E-state index is 0.908.